The van der Waals surface area contributed by atoms with Gasteiger partial charge in [0.15, 0.2) is 5.82 Å². The zero-order valence-electron chi connectivity index (χ0n) is 10.4. The van der Waals surface area contributed by atoms with E-state index in [1.54, 1.807) is 6.20 Å². The van der Waals surface area contributed by atoms with E-state index in [9.17, 15) is 8.78 Å². The smallest absolute Gasteiger partial charge is 0.151 e. The van der Waals surface area contributed by atoms with Crippen molar-refractivity contribution in [3.63, 3.8) is 0 Å². The normalized spacial score (nSPS) is 10.7. The molecule has 0 aliphatic carbocycles. The Morgan fingerprint density at radius 1 is 1.00 bits per heavy atom. The Kier molecular flexibility index (Phi) is 2.95. The lowest BCUT2D eigenvalue weighted by Gasteiger charge is -2.06. The third kappa shape index (κ3) is 2.03. The lowest BCUT2D eigenvalue weighted by molar-refractivity contribution is 0.574. The summed E-state index contributed by atoms with van der Waals surface area (Å²) in [6, 6.07) is 12.7. The molecule has 0 unspecified atom stereocenters. The van der Waals surface area contributed by atoms with Gasteiger partial charge in [0.1, 0.15) is 17.3 Å². The van der Waals surface area contributed by atoms with Gasteiger partial charge < -0.3 is 5.73 Å². The van der Waals surface area contributed by atoms with Crippen LogP contribution in [0.3, 0.4) is 0 Å². The van der Waals surface area contributed by atoms with E-state index in [1.807, 2.05) is 30.3 Å². The first-order valence-corrected chi connectivity index (χ1v) is 6.01. The highest BCUT2D eigenvalue weighted by Gasteiger charge is 2.14. The van der Waals surface area contributed by atoms with Crippen LogP contribution in [0.25, 0.3) is 16.8 Å². The van der Waals surface area contributed by atoms with E-state index in [4.69, 9.17) is 5.73 Å². The predicted octanol–water partition coefficient (Wildman–Crippen LogP) is 3.40. The Bertz CT molecular complexity index is 751. The summed E-state index contributed by atoms with van der Waals surface area (Å²) in [4.78, 5) is 0. The van der Waals surface area contributed by atoms with Crippen molar-refractivity contribution in [2.24, 2.45) is 0 Å². The zero-order chi connectivity index (χ0) is 14.1. The summed E-state index contributed by atoms with van der Waals surface area (Å²) in [6.07, 6.45) is 1.56. The minimum absolute atomic E-state index is 0.117. The molecule has 1 aromatic heterocycles. The molecule has 0 aliphatic rings. The van der Waals surface area contributed by atoms with Crippen molar-refractivity contribution in [2.45, 2.75) is 0 Å². The SMILES string of the molecule is Nc1c(-c2ccccc2)cnn1-c1ccc(F)cc1F. The van der Waals surface area contributed by atoms with E-state index >= 15 is 0 Å². The van der Waals surface area contributed by atoms with Crippen LogP contribution in [0.1, 0.15) is 0 Å². The monoisotopic (exact) mass is 271 g/mol. The second-order valence-electron chi connectivity index (χ2n) is 4.32. The van der Waals surface area contributed by atoms with Gasteiger partial charge in [-0.15, -0.1) is 0 Å². The number of nitrogens with zero attached hydrogens (tertiary/aromatic N) is 2. The molecule has 0 aliphatic heterocycles. The van der Waals surface area contributed by atoms with Crippen LogP contribution in [-0.2, 0) is 0 Å². The Balaban J connectivity index is 2.11. The van der Waals surface area contributed by atoms with E-state index in [2.05, 4.69) is 5.10 Å². The number of rotatable bonds is 2. The topological polar surface area (TPSA) is 43.8 Å². The first kappa shape index (κ1) is 12.3. The molecular formula is C15H11F2N3. The summed E-state index contributed by atoms with van der Waals surface area (Å²) < 4.78 is 28.0. The summed E-state index contributed by atoms with van der Waals surface area (Å²) in [5.74, 6) is -1.04. The molecule has 0 saturated carbocycles. The number of aromatic nitrogens is 2. The van der Waals surface area contributed by atoms with E-state index in [1.165, 1.54) is 16.8 Å². The highest BCUT2D eigenvalue weighted by Crippen LogP contribution is 2.28. The first-order valence-electron chi connectivity index (χ1n) is 6.01. The fraction of sp³-hybridized carbons (Fsp3) is 0. The summed E-state index contributed by atoms with van der Waals surface area (Å²) in [5.41, 5.74) is 7.72. The molecule has 5 heteroatoms. The first-order chi connectivity index (χ1) is 9.66. The number of nitrogens with two attached hydrogens (primary N) is 1. The molecule has 0 atom stereocenters. The molecule has 20 heavy (non-hydrogen) atoms. The highest BCUT2D eigenvalue weighted by atomic mass is 19.1. The van der Waals surface area contributed by atoms with Gasteiger partial charge in [-0.1, -0.05) is 30.3 Å². The van der Waals surface area contributed by atoms with Crippen molar-refractivity contribution in [2.75, 3.05) is 5.73 Å². The standard InChI is InChI=1S/C15H11F2N3/c16-11-6-7-14(13(17)8-11)20-15(18)12(9-19-20)10-4-2-1-3-5-10/h1-9H,18H2. The lowest BCUT2D eigenvalue weighted by Crippen LogP contribution is -2.04. The maximum Gasteiger partial charge on any atom is 0.151 e. The van der Waals surface area contributed by atoms with Gasteiger partial charge in [-0.05, 0) is 17.7 Å². The predicted molar refractivity (Wildman–Crippen MR) is 73.3 cm³/mol. The quantitative estimate of drug-likeness (QED) is 0.776. The molecule has 3 aromatic rings. The van der Waals surface area contributed by atoms with Crippen LogP contribution < -0.4 is 5.73 Å². The molecule has 2 aromatic carbocycles. The van der Waals surface area contributed by atoms with E-state index in [-0.39, 0.29) is 5.69 Å². The van der Waals surface area contributed by atoms with Gasteiger partial charge in [-0.3, -0.25) is 0 Å². The van der Waals surface area contributed by atoms with Gasteiger partial charge in [0, 0.05) is 11.6 Å². The summed E-state index contributed by atoms with van der Waals surface area (Å²) in [5, 5.41) is 4.08. The molecule has 0 saturated heterocycles. The second kappa shape index (κ2) is 4.77. The maximum absolute atomic E-state index is 13.8. The van der Waals surface area contributed by atoms with Crippen LogP contribution in [0, 0.1) is 11.6 Å². The molecule has 1 heterocycles. The lowest BCUT2D eigenvalue weighted by atomic mass is 10.1. The van der Waals surface area contributed by atoms with Gasteiger partial charge in [0.25, 0.3) is 0 Å². The van der Waals surface area contributed by atoms with Gasteiger partial charge in [-0.25, -0.2) is 13.5 Å². The summed E-state index contributed by atoms with van der Waals surface area (Å²) >= 11 is 0. The fourth-order valence-corrected chi connectivity index (χ4v) is 2.04. The Morgan fingerprint density at radius 3 is 2.45 bits per heavy atom. The molecule has 0 radical (unpaired) electrons. The van der Waals surface area contributed by atoms with Crippen LogP contribution >= 0.6 is 0 Å². The molecule has 3 nitrogen and oxygen atoms in total. The van der Waals surface area contributed by atoms with Crippen molar-refractivity contribution in [1.29, 1.82) is 0 Å². The van der Waals surface area contributed by atoms with Crippen molar-refractivity contribution < 1.29 is 8.78 Å². The second-order valence-corrected chi connectivity index (χ2v) is 4.32. The number of benzene rings is 2. The Labute approximate surface area is 114 Å². The molecule has 0 amide bonds. The number of anilines is 1. The third-order valence-electron chi connectivity index (χ3n) is 3.03. The Morgan fingerprint density at radius 2 is 1.75 bits per heavy atom. The maximum atomic E-state index is 13.8. The van der Waals surface area contributed by atoms with Gasteiger partial charge in [0.2, 0.25) is 0 Å². The van der Waals surface area contributed by atoms with Crippen molar-refractivity contribution >= 4 is 5.82 Å². The van der Waals surface area contributed by atoms with Crippen LogP contribution in [0.5, 0.6) is 0 Å². The number of hydrogen-bond donors (Lipinski definition) is 1. The highest BCUT2D eigenvalue weighted by molar-refractivity contribution is 5.74. The molecule has 2 N–H and O–H groups in total. The molecular weight excluding hydrogens is 260 g/mol. The molecule has 100 valence electrons. The van der Waals surface area contributed by atoms with Crippen LogP contribution in [0.2, 0.25) is 0 Å². The molecule has 0 fully saturated rings. The minimum Gasteiger partial charge on any atom is -0.383 e. The van der Waals surface area contributed by atoms with E-state index < -0.39 is 11.6 Å². The van der Waals surface area contributed by atoms with Crippen LogP contribution in [0.15, 0.2) is 54.7 Å². The van der Waals surface area contributed by atoms with Gasteiger partial charge >= 0.3 is 0 Å². The minimum atomic E-state index is -0.709. The van der Waals surface area contributed by atoms with E-state index in [0.29, 0.717) is 11.4 Å². The van der Waals surface area contributed by atoms with Gasteiger partial charge in [0.05, 0.1) is 6.20 Å². The zero-order valence-corrected chi connectivity index (χ0v) is 10.4. The van der Waals surface area contributed by atoms with Gasteiger partial charge in [-0.2, -0.15) is 5.10 Å². The average molecular weight is 271 g/mol. The fourth-order valence-electron chi connectivity index (χ4n) is 2.04. The Hall–Kier alpha value is -2.69. The molecule has 0 bridgehead atoms. The largest absolute Gasteiger partial charge is 0.383 e. The average Bonchev–Trinajstić information content (AvgIpc) is 2.82. The van der Waals surface area contributed by atoms with Crippen molar-refractivity contribution in [3.05, 3.63) is 66.4 Å². The number of nitrogen functional groups attached to an aromatic ring is 1. The van der Waals surface area contributed by atoms with Crippen molar-refractivity contribution in [1.82, 2.24) is 9.78 Å². The molecule has 0 spiro atoms. The van der Waals surface area contributed by atoms with E-state index in [0.717, 1.165) is 11.6 Å². The van der Waals surface area contributed by atoms with Crippen LogP contribution in [0.4, 0.5) is 14.6 Å². The summed E-state index contributed by atoms with van der Waals surface area (Å²) in [7, 11) is 0. The van der Waals surface area contributed by atoms with Crippen molar-refractivity contribution in [3.8, 4) is 16.8 Å². The number of halogens is 2. The molecule has 3 rings (SSSR count). The number of hydrogen-bond acceptors (Lipinski definition) is 2. The van der Waals surface area contributed by atoms with Crippen LogP contribution in [-0.4, -0.2) is 9.78 Å². The summed E-state index contributed by atoms with van der Waals surface area (Å²) in [6.45, 7) is 0. The third-order valence-corrected chi connectivity index (χ3v) is 3.03.